The lowest BCUT2D eigenvalue weighted by Crippen LogP contribution is -2.26. The van der Waals surface area contributed by atoms with Crippen LogP contribution in [0.15, 0.2) is 57.9 Å². The first-order valence-electron chi connectivity index (χ1n) is 6.62. The van der Waals surface area contributed by atoms with Crippen LogP contribution in [0.2, 0.25) is 0 Å². The second-order valence-corrected chi connectivity index (χ2v) is 5.69. The summed E-state index contributed by atoms with van der Waals surface area (Å²) in [5.41, 5.74) is 2.96. The minimum atomic E-state index is -0.515. The Morgan fingerprint density at radius 3 is 2.86 bits per heavy atom. The topological polar surface area (TPSA) is 63.5 Å². The number of hydrogen-bond acceptors (Lipinski definition) is 4. The highest BCUT2D eigenvalue weighted by Gasteiger charge is 2.13. The zero-order valence-corrected chi connectivity index (χ0v) is 12.6. The van der Waals surface area contributed by atoms with Crippen LogP contribution in [0.4, 0.5) is 0 Å². The number of fused-ring (bicyclic) bond motifs is 1. The Bertz CT molecular complexity index is 911. The number of thiophene rings is 1. The van der Waals surface area contributed by atoms with Crippen LogP contribution in [0.5, 0.6) is 0 Å². The standard InChI is InChI=1S/C16H13N3O2S/c1-19-10-13(15(20)12-6-2-3-7-14(12)19)16(21)18-17-9-11-5-4-8-22-11/h2-10H,1H3,(H,18,21)/b17-9+. The van der Waals surface area contributed by atoms with Gasteiger partial charge in [-0.1, -0.05) is 18.2 Å². The number of carbonyl (C=O) groups excluding carboxylic acids is 1. The van der Waals surface area contributed by atoms with E-state index in [2.05, 4.69) is 10.5 Å². The molecule has 6 heteroatoms. The molecule has 0 fully saturated rings. The van der Waals surface area contributed by atoms with Gasteiger partial charge in [0.2, 0.25) is 5.43 Å². The lowest BCUT2D eigenvalue weighted by atomic mass is 10.1. The molecule has 110 valence electrons. The maximum atomic E-state index is 12.4. The molecule has 0 spiro atoms. The molecule has 3 rings (SSSR count). The molecule has 0 saturated heterocycles. The Morgan fingerprint density at radius 1 is 1.27 bits per heavy atom. The van der Waals surface area contributed by atoms with Crippen molar-refractivity contribution in [3.8, 4) is 0 Å². The summed E-state index contributed by atoms with van der Waals surface area (Å²) in [6.07, 6.45) is 3.08. The highest BCUT2D eigenvalue weighted by atomic mass is 32.1. The van der Waals surface area contributed by atoms with E-state index in [1.54, 1.807) is 30.0 Å². The number of para-hydroxylation sites is 1. The number of rotatable bonds is 3. The zero-order valence-electron chi connectivity index (χ0n) is 11.8. The molecule has 22 heavy (non-hydrogen) atoms. The number of aromatic nitrogens is 1. The lowest BCUT2D eigenvalue weighted by Gasteiger charge is -2.07. The molecule has 1 aromatic carbocycles. The molecule has 2 heterocycles. The summed E-state index contributed by atoms with van der Waals surface area (Å²) in [5, 5.41) is 6.31. The third kappa shape index (κ3) is 2.68. The molecule has 0 saturated carbocycles. The highest BCUT2D eigenvalue weighted by molar-refractivity contribution is 7.11. The van der Waals surface area contributed by atoms with Crippen molar-refractivity contribution < 1.29 is 4.79 Å². The third-order valence-electron chi connectivity index (χ3n) is 3.24. The predicted molar refractivity (Wildman–Crippen MR) is 88.6 cm³/mol. The molecule has 1 N–H and O–H groups in total. The summed E-state index contributed by atoms with van der Waals surface area (Å²) in [6, 6.07) is 11.0. The molecule has 0 aliphatic carbocycles. The first-order chi connectivity index (χ1) is 10.7. The monoisotopic (exact) mass is 311 g/mol. The van der Waals surface area contributed by atoms with Gasteiger partial charge in [-0.05, 0) is 23.6 Å². The summed E-state index contributed by atoms with van der Waals surface area (Å²) >= 11 is 1.51. The lowest BCUT2D eigenvalue weighted by molar-refractivity contribution is 0.0953. The molecule has 0 radical (unpaired) electrons. The van der Waals surface area contributed by atoms with Crippen LogP contribution < -0.4 is 10.9 Å². The van der Waals surface area contributed by atoms with Gasteiger partial charge >= 0.3 is 0 Å². The van der Waals surface area contributed by atoms with E-state index in [4.69, 9.17) is 0 Å². The van der Waals surface area contributed by atoms with Gasteiger partial charge < -0.3 is 4.57 Å². The summed E-state index contributed by atoms with van der Waals surface area (Å²) < 4.78 is 1.76. The fourth-order valence-corrected chi connectivity index (χ4v) is 2.77. The van der Waals surface area contributed by atoms with Crippen LogP contribution in [0.3, 0.4) is 0 Å². The Kier molecular flexibility index (Phi) is 3.84. The van der Waals surface area contributed by atoms with E-state index in [9.17, 15) is 9.59 Å². The zero-order chi connectivity index (χ0) is 15.5. The van der Waals surface area contributed by atoms with E-state index in [-0.39, 0.29) is 11.0 Å². The van der Waals surface area contributed by atoms with Crippen molar-refractivity contribution >= 4 is 34.4 Å². The quantitative estimate of drug-likeness (QED) is 0.596. The highest BCUT2D eigenvalue weighted by Crippen LogP contribution is 2.10. The fourth-order valence-electron chi connectivity index (χ4n) is 2.18. The maximum Gasteiger partial charge on any atom is 0.276 e. The molecule has 0 aliphatic heterocycles. The number of pyridine rings is 1. The SMILES string of the molecule is Cn1cc(C(=O)N/N=C/c2cccs2)c(=O)c2ccccc21. The number of amides is 1. The van der Waals surface area contributed by atoms with E-state index < -0.39 is 5.91 Å². The average molecular weight is 311 g/mol. The first kappa shape index (κ1) is 14.2. The summed E-state index contributed by atoms with van der Waals surface area (Å²) in [7, 11) is 1.80. The molecular formula is C16H13N3O2S. The van der Waals surface area contributed by atoms with E-state index in [0.29, 0.717) is 5.39 Å². The van der Waals surface area contributed by atoms with Crippen LogP contribution in [0.25, 0.3) is 10.9 Å². The van der Waals surface area contributed by atoms with Crippen LogP contribution in [-0.2, 0) is 7.05 Å². The number of aryl methyl sites for hydroxylation is 1. The van der Waals surface area contributed by atoms with Crippen molar-refractivity contribution in [3.05, 3.63) is 68.6 Å². The molecular weight excluding hydrogens is 298 g/mol. The van der Waals surface area contributed by atoms with Gasteiger partial charge in [0.25, 0.3) is 5.91 Å². The normalized spacial score (nSPS) is 11.1. The number of benzene rings is 1. The van der Waals surface area contributed by atoms with Crippen LogP contribution in [0, 0.1) is 0 Å². The molecule has 5 nitrogen and oxygen atoms in total. The van der Waals surface area contributed by atoms with Crippen molar-refractivity contribution in [1.82, 2.24) is 9.99 Å². The first-order valence-corrected chi connectivity index (χ1v) is 7.50. The number of nitrogens with one attached hydrogen (secondary N) is 1. The Morgan fingerprint density at radius 2 is 2.09 bits per heavy atom. The van der Waals surface area contributed by atoms with Gasteiger partial charge in [-0.25, -0.2) is 5.43 Å². The molecule has 0 unspecified atom stereocenters. The van der Waals surface area contributed by atoms with Gasteiger partial charge in [0.1, 0.15) is 5.56 Å². The molecule has 0 atom stereocenters. The Labute approximate surface area is 130 Å². The van der Waals surface area contributed by atoms with Gasteiger partial charge in [0.05, 0.1) is 11.7 Å². The fraction of sp³-hybridized carbons (Fsp3) is 0.0625. The van der Waals surface area contributed by atoms with Crippen LogP contribution in [0.1, 0.15) is 15.2 Å². The van der Waals surface area contributed by atoms with Crippen LogP contribution >= 0.6 is 11.3 Å². The number of hydrogen-bond donors (Lipinski definition) is 1. The molecule has 1 amide bonds. The minimum Gasteiger partial charge on any atom is -0.350 e. The largest absolute Gasteiger partial charge is 0.350 e. The van der Waals surface area contributed by atoms with Gasteiger partial charge in [0.15, 0.2) is 0 Å². The Hall–Kier alpha value is -2.73. The number of nitrogens with zero attached hydrogens (tertiary/aromatic N) is 2. The second-order valence-electron chi connectivity index (χ2n) is 4.71. The van der Waals surface area contributed by atoms with Crippen molar-refractivity contribution in [2.75, 3.05) is 0 Å². The summed E-state index contributed by atoms with van der Waals surface area (Å²) in [4.78, 5) is 25.5. The molecule has 0 bridgehead atoms. The van der Waals surface area contributed by atoms with Crippen molar-refractivity contribution in [3.63, 3.8) is 0 Å². The van der Waals surface area contributed by atoms with Gasteiger partial charge in [-0.15, -0.1) is 11.3 Å². The van der Waals surface area contributed by atoms with Crippen molar-refractivity contribution in [2.24, 2.45) is 12.1 Å². The van der Waals surface area contributed by atoms with Gasteiger partial charge in [-0.3, -0.25) is 9.59 Å². The predicted octanol–water partition coefficient (Wildman–Crippen LogP) is 2.36. The number of carbonyl (C=O) groups is 1. The Balaban J connectivity index is 1.91. The van der Waals surface area contributed by atoms with E-state index in [0.717, 1.165) is 10.4 Å². The third-order valence-corrected chi connectivity index (χ3v) is 4.05. The van der Waals surface area contributed by atoms with Gasteiger partial charge in [-0.2, -0.15) is 5.10 Å². The molecule has 2 aromatic heterocycles. The number of hydrazone groups is 1. The van der Waals surface area contributed by atoms with E-state index >= 15 is 0 Å². The van der Waals surface area contributed by atoms with Crippen molar-refractivity contribution in [2.45, 2.75) is 0 Å². The van der Waals surface area contributed by atoms with E-state index in [1.807, 2.05) is 29.6 Å². The minimum absolute atomic E-state index is 0.0736. The molecule has 3 aromatic rings. The van der Waals surface area contributed by atoms with Crippen molar-refractivity contribution in [1.29, 1.82) is 0 Å². The summed E-state index contributed by atoms with van der Waals surface area (Å²) in [5.74, 6) is -0.515. The van der Waals surface area contributed by atoms with Gasteiger partial charge in [0, 0.05) is 23.5 Å². The average Bonchev–Trinajstić information content (AvgIpc) is 3.04. The second kappa shape index (κ2) is 5.95. The van der Waals surface area contributed by atoms with Crippen LogP contribution in [-0.4, -0.2) is 16.7 Å². The maximum absolute atomic E-state index is 12.4. The molecule has 0 aliphatic rings. The van der Waals surface area contributed by atoms with E-state index in [1.165, 1.54) is 17.5 Å². The summed E-state index contributed by atoms with van der Waals surface area (Å²) in [6.45, 7) is 0. The smallest absolute Gasteiger partial charge is 0.276 e.